The topological polar surface area (TPSA) is 137 Å². The van der Waals surface area contributed by atoms with E-state index in [0.29, 0.717) is 16.4 Å². The van der Waals surface area contributed by atoms with Gasteiger partial charge in [0.15, 0.2) is 10.8 Å². The Morgan fingerprint density at radius 1 is 1.33 bits per heavy atom. The van der Waals surface area contributed by atoms with E-state index in [4.69, 9.17) is 14.6 Å². The lowest BCUT2D eigenvalue weighted by Gasteiger charge is -2.38. The number of aliphatic hydroxyl groups is 1. The van der Waals surface area contributed by atoms with Crippen molar-refractivity contribution in [1.82, 2.24) is 20.3 Å². The third-order valence-electron chi connectivity index (χ3n) is 8.72. The first-order valence-electron chi connectivity index (χ1n) is 14.5. The second-order valence-corrected chi connectivity index (χ2v) is 12.8. The number of benzene rings is 1. The van der Waals surface area contributed by atoms with E-state index in [1.165, 1.54) is 49.1 Å². The van der Waals surface area contributed by atoms with Crippen LogP contribution in [0.3, 0.4) is 0 Å². The summed E-state index contributed by atoms with van der Waals surface area (Å²) in [5.41, 5.74) is -0.639. The second kappa shape index (κ2) is 12.4. The standard InChI is InChI=1S/C30H36F3N5O6S/c1-6-43-27(40)21-19(35-25(26-34-10-11-45-26)36-22(21)17-8-7-9-18(31)15(17)2)12-37-14-30(32,33)23-20(37)13-44-38(23)16(3)24(39)29(4,5)28(41)42/h7-11,16,20,22-24,39H,6,12-14H2,1-5H3,(H,35,36)(H,41,42)/t16?,20-,22-,23+,24?/m0/s1. The number of nitrogens with one attached hydrogen (secondary N) is 1. The van der Waals surface area contributed by atoms with Crippen LogP contribution >= 0.6 is 11.3 Å². The van der Waals surface area contributed by atoms with Gasteiger partial charge in [0, 0.05) is 23.8 Å². The molecule has 3 N–H and O–H groups in total. The van der Waals surface area contributed by atoms with E-state index < -0.39 is 65.9 Å². The van der Waals surface area contributed by atoms with E-state index in [1.807, 2.05) is 0 Å². The first kappa shape index (κ1) is 33.0. The van der Waals surface area contributed by atoms with E-state index in [0.717, 1.165) is 5.06 Å². The average Bonchev–Trinajstić information content (AvgIpc) is 3.72. The summed E-state index contributed by atoms with van der Waals surface area (Å²) < 4.78 is 51.7. The van der Waals surface area contributed by atoms with E-state index in [-0.39, 0.29) is 36.6 Å². The largest absolute Gasteiger partial charge is 0.481 e. The van der Waals surface area contributed by atoms with Gasteiger partial charge in [0.05, 0.1) is 48.9 Å². The zero-order chi connectivity index (χ0) is 32.8. The zero-order valence-electron chi connectivity index (χ0n) is 25.5. The van der Waals surface area contributed by atoms with Gasteiger partial charge in [0.25, 0.3) is 5.92 Å². The molecule has 2 saturated heterocycles. The Kier molecular flexibility index (Phi) is 9.12. The number of hydroxylamine groups is 2. The number of carbonyl (C=O) groups is 2. The zero-order valence-corrected chi connectivity index (χ0v) is 26.3. The van der Waals surface area contributed by atoms with Gasteiger partial charge >= 0.3 is 11.9 Å². The van der Waals surface area contributed by atoms with Crippen molar-refractivity contribution in [3.05, 3.63) is 63.0 Å². The highest BCUT2D eigenvalue weighted by atomic mass is 32.1. The molecule has 0 amide bonds. The minimum Gasteiger partial charge on any atom is -0.481 e. The third-order valence-corrected chi connectivity index (χ3v) is 9.50. The highest BCUT2D eigenvalue weighted by molar-refractivity contribution is 7.11. The molecule has 0 aliphatic carbocycles. The van der Waals surface area contributed by atoms with Gasteiger partial charge in [-0.05, 0) is 51.8 Å². The minimum absolute atomic E-state index is 0.0374. The molecule has 0 spiro atoms. The van der Waals surface area contributed by atoms with E-state index in [9.17, 15) is 24.2 Å². The van der Waals surface area contributed by atoms with Crippen molar-refractivity contribution in [1.29, 1.82) is 0 Å². The lowest BCUT2D eigenvalue weighted by molar-refractivity contribution is -0.227. The number of aliphatic hydroxyl groups excluding tert-OH is 1. The molecular weight excluding hydrogens is 615 g/mol. The molecule has 3 aliphatic rings. The SMILES string of the molecule is CCOC(=O)C1=C(CN2CC(F)(F)[C@H]3[C@@H]2CON3C(C)C(O)C(C)(C)C(=O)O)NC(c2nccs2)=N[C@H]1c1cccc(F)c1C. The summed E-state index contributed by atoms with van der Waals surface area (Å²) >= 11 is 1.28. The van der Waals surface area contributed by atoms with E-state index in [2.05, 4.69) is 10.3 Å². The van der Waals surface area contributed by atoms with Gasteiger partial charge < -0.3 is 20.3 Å². The number of carbonyl (C=O) groups excluding carboxylic acids is 1. The third kappa shape index (κ3) is 5.99. The number of alkyl halides is 2. The number of carboxylic acids is 1. The molecule has 0 saturated carbocycles. The van der Waals surface area contributed by atoms with Gasteiger partial charge in [-0.25, -0.2) is 22.9 Å². The molecule has 4 heterocycles. The number of carboxylic acid groups (broad SMARTS) is 1. The highest BCUT2D eigenvalue weighted by Crippen LogP contribution is 2.44. The van der Waals surface area contributed by atoms with Crippen molar-refractivity contribution in [2.75, 3.05) is 26.3 Å². The number of hydrogen-bond donors (Lipinski definition) is 3. The predicted molar refractivity (Wildman–Crippen MR) is 158 cm³/mol. The Morgan fingerprint density at radius 2 is 2.07 bits per heavy atom. The fourth-order valence-corrected chi connectivity index (χ4v) is 6.73. The fourth-order valence-electron chi connectivity index (χ4n) is 6.14. The smallest absolute Gasteiger partial charge is 0.338 e. The molecule has 244 valence electrons. The number of amidine groups is 1. The van der Waals surface area contributed by atoms with Crippen molar-refractivity contribution < 1.29 is 42.5 Å². The van der Waals surface area contributed by atoms with Crippen LogP contribution in [-0.4, -0.2) is 99.4 Å². The monoisotopic (exact) mass is 651 g/mol. The first-order valence-corrected chi connectivity index (χ1v) is 15.4. The molecule has 11 nitrogen and oxygen atoms in total. The summed E-state index contributed by atoms with van der Waals surface area (Å²) in [6, 6.07) is -0.0116. The number of aliphatic carboxylic acids is 1. The van der Waals surface area contributed by atoms with Crippen LogP contribution in [-0.2, 0) is 19.2 Å². The number of hydrogen-bond acceptors (Lipinski definition) is 11. The maximum atomic E-state index is 15.8. The van der Waals surface area contributed by atoms with Crippen molar-refractivity contribution in [2.45, 2.75) is 70.8 Å². The Hall–Kier alpha value is -3.37. The summed E-state index contributed by atoms with van der Waals surface area (Å²) in [6.45, 7) is 6.30. The summed E-state index contributed by atoms with van der Waals surface area (Å²) in [5, 5.41) is 26.8. The number of likely N-dealkylation sites (tertiary alicyclic amines) is 1. The molecule has 5 atom stereocenters. The molecule has 1 aromatic heterocycles. The number of aliphatic imine (C=N–C) groups is 1. The van der Waals surface area contributed by atoms with Crippen LogP contribution in [0.4, 0.5) is 13.2 Å². The maximum absolute atomic E-state index is 15.8. The van der Waals surface area contributed by atoms with Crippen LogP contribution in [0.2, 0.25) is 0 Å². The van der Waals surface area contributed by atoms with Crippen molar-refractivity contribution >= 4 is 29.1 Å². The number of ether oxygens (including phenoxy) is 1. The normalized spacial score (nSPS) is 25.0. The summed E-state index contributed by atoms with van der Waals surface area (Å²) in [4.78, 5) is 41.5. The van der Waals surface area contributed by atoms with Crippen LogP contribution in [0.15, 0.2) is 46.0 Å². The van der Waals surface area contributed by atoms with Crippen LogP contribution in [0, 0.1) is 18.2 Å². The fraction of sp³-hybridized carbons (Fsp3) is 0.533. The first-order chi connectivity index (χ1) is 21.2. The number of aromatic nitrogens is 1. The summed E-state index contributed by atoms with van der Waals surface area (Å²) in [6.07, 6.45) is 0.0536. The van der Waals surface area contributed by atoms with Crippen molar-refractivity contribution in [3.8, 4) is 0 Å². The number of halogens is 3. The van der Waals surface area contributed by atoms with Crippen LogP contribution < -0.4 is 5.32 Å². The molecule has 1 aromatic carbocycles. The summed E-state index contributed by atoms with van der Waals surface area (Å²) in [7, 11) is 0. The quantitative estimate of drug-likeness (QED) is 0.329. The van der Waals surface area contributed by atoms with Gasteiger partial charge in [-0.1, -0.05) is 12.1 Å². The number of esters is 1. The second-order valence-electron chi connectivity index (χ2n) is 12.0. The minimum atomic E-state index is -3.33. The van der Waals surface area contributed by atoms with Crippen LogP contribution in [0.5, 0.6) is 0 Å². The lowest BCUT2D eigenvalue weighted by Crippen LogP contribution is -2.56. The highest BCUT2D eigenvalue weighted by Gasteiger charge is 2.62. The number of thiazole rings is 1. The Labute approximate surface area is 262 Å². The number of rotatable bonds is 10. The van der Waals surface area contributed by atoms with E-state index >= 15 is 8.78 Å². The van der Waals surface area contributed by atoms with Gasteiger partial charge in [0.2, 0.25) is 0 Å². The molecule has 45 heavy (non-hydrogen) atoms. The van der Waals surface area contributed by atoms with Gasteiger partial charge in [0.1, 0.15) is 17.9 Å². The molecule has 5 rings (SSSR count). The molecule has 0 bridgehead atoms. The predicted octanol–water partition coefficient (Wildman–Crippen LogP) is 3.29. The van der Waals surface area contributed by atoms with E-state index in [1.54, 1.807) is 31.5 Å². The Morgan fingerprint density at radius 3 is 2.71 bits per heavy atom. The van der Waals surface area contributed by atoms with Crippen molar-refractivity contribution in [2.24, 2.45) is 10.4 Å². The molecule has 2 aromatic rings. The molecule has 0 radical (unpaired) electrons. The molecule has 2 unspecified atom stereocenters. The van der Waals surface area contributed by atoms with Crippen LogP contribution in [0.25, 0.3) is 0 Å². The summed E-state index contributed by atoms with van der Waals surface area (Å²) in [5.74, 6) is -5.53. The van der Waals surface area contributed by atoms with Gasteiger partial charge in [-0.15, -0.1) is 11.3 Å². The van der Waals surface area contributed by atoms with Gasteiger partial charge in [-0.3, -0.25) is 19.5 Å². The number of fused-ring (bicyclic) bond motifs is 1. The average molecular weight is 652 g/mol. The number of nitrogens with zero attached hydrogens (tertiary/aromatic N) is 4. The molecular formula is C30H36F3N5O6S. The van der Waals surface area contributed by atoms with Gasteiger partial charge in [-0.2, -0.15) is 5.06 Å². The molecule has 15 heteroatoms. The molecule has 2 fully saturated rings. The lowest BCUT2D eigenvalue weighted by atomic mass is 9.82. The maximum Gasteiger partial charge on any atom is 0.338 e. The van der Waals surface area contributed by atoms with Crippen LogP contribution in [0.1, 0.15) is 49.9 Å². The van der Waals surface area contributed by atoms with Crippen molar-refractivity contribution in [3.63, 3.8) is 0 Å². The molecule has 3 aliphatic heterocycles. The Bertz CT molecular complexity index is 1520. The Balaban J connectivity index is 1.53.